The highest BCUT2D eigenvalue weighted by Gasteiger charge is 2.34. The summed E-state index contributed by atoms with van der Waals surface area (Å²) in [5.74, 6) is -0.301. The summed E-state index contributed by atoms with van der Waals surface area (Å²) in [6.07, 6.45) is -1.19. The van der Waals surface area contributed by atoms with Crippen LogP contribution in [0.1, 0.15) is 41.8 Å². The molecular weight excluding hydrogens is 585 g/mol. The SMILES string of the molecule is CC(C)[C@@H](CN(Cc1ccccc1C(F)(F)F)C(=S)Nc1ccccc1)NC(=O)Cc1cncn1Cc1ccc(C#N)cc1. The molecule has 44 heavy (non-hydrogen) atoms. The van der Waals surface area contributed by atoms with Crippen molar-refractivity contribution in [3.8, 4) is 6.07 Å². The second-order valence-electron chi connectivity index (χ2n) is 10.7. The van der Waals surface area contributed by atoms with E-state index in [1.54, 1.807) is 35.6 Å². The summed E-state index contributed by atoms with van der Waals surface area (Å²) in [5.41, 5.74) is 2.27. The summed E-state index contributed by atoms with van der Waals surface area (Å²) >= 11 is 5.69. The number of anilines is 1. The van der Waals surface area contributed by atoms with Crippen molar-refractivity contribution in [1.29, 1.82) is 5.26 Å². The van der Waals surface area contributed by atoms with Crippen LogP contribution in [0.3, 0.4) is 0 Å². The molecule has 0 radical (unpaired) electrons. The summed E-state index contributed by atoms with van der Waals surface area (Å²) in [6, 6.07) is 23.4. The summed E-state index contributed by atoms with van der Waals surface area (Å²) in [5, 5.41) is 15.5. The number of rotatable bonds is 11. The van der Waals surface area contributed by atoms with Gasteiger partial charge in [0.1, 0.15) is 0 Å². The number of imidazole rings is 1. The zero-order valence-electron chi connectivity index (χ0n) is 24.4. The van der Waals surface area contributed by atoms with Crippen LogP contribution in [-0.2, 0) is 30.5 Å². The number of amides is 1. The number of thiocarbonyl (C=S) groups is 1. The standard InChI is InChI=1S/C33H33F3N6OS/c1-23(2)30(40-31(43)16-28-18-38-22-42(28)19-25-14-12-24(17-37)13-15-25)21-41(32(44)39-27-9-4-3-5-10-27)20-26-8-6-7-11-29(26)33(34,35)36/h3-15,18,22-23,30H,16,19-21H2,1-2H3,(H,39,44)(H,40,43)/t30-/m1/s1. The molecule has 2 N–H and O–H groups in total. The Labute approximate surface area is 260 Å². The summed E-state index contributed by atoms with van der Waals surface area (Å²) in [7, 11) is 0. The number of nitrogens with one attached hydrogen (secondary N) is 2. The highest BCUT2D eigenvalue weighted by Crippen LogP contribution is 2.32. The molecule has 0 fully saturated rings. The quantitative estimate of drug-likeness (QED) is 0.189. The van der Waals surface area contributed by atoms with Gasteiger partial charge in [-0.1, -0.05) is 62.4 Å². The van der Waals surface area contributed by atoms with E-state index in [4.69, 9.17) is 17.5 Å². The first-order valence-electron chi connectivity index (χ1n) is 14.1. The van der Waals surface area contributed by atoms with Gasteiger partial charge in [-0.25, -0.2) is 4.98 Å². The van der Waals surface area contributed by atoms with E-state index in [-0.39, 0.29) is 42.0 Å². The van der Waals surface area contributed by atoms with Gasteiger partial charge >= 0.3 is 6.18 Å². The largest absolute Gasteiger partial charge is 0.416 e. The first kappa shape index (κ1) is 32.2. The summed E-state index contributed by atoms with van der Waals surface area (Å²) < 4.78 is 43.4. The number of halogens is 3. The predicted molar refractivity (Wildman–Crippen MR) is 167 cm³/mol. The van der Waals surface area contributed by atoms with E-state index in [9.17, 15) is 18.0 Å². The van der Waals surface area contributed by atoms with Gasteiger partial charge in [-0.3, -0.25) is 4.79 Å². The number of alkyl halides is 3. The van der Waals surface area contributed by atoms with Crippen LogP contribution in [0.2, 0.25) is 0 Å². The highest BCUT2D eigenvalue weighted by atomic mass is 32.1. The molecule has 11 heteroatoms. The highest BCUT2D eigenvalue weighted by molar-refractivity contribution is 7.80. The van der Waals surface area contributed by atoms with Crippen molar-refractivity contribution < 1.29 is 18.0 Å². The third-order valence-corrected chi connectivity index (χ3v) is 7.50. The fourth-order valence-electron chi connectivity index (χ4n) is 4.69. The lowest BCUT2D eigenvalue weighted by Gasteiger charge is -2.33. The monoisotopic (exact) mass is 618 g/mol. The Balaban J connectivity index is 1.50. The van der Waals surface area contributed by atoms with Crippen LogP contribution in [-0.4, -0.2) is 38.1 Å². The smallest absolute Gasteiger partial charge is 0.351 e. The van der Waals surface area contributed by atoms with Crippen molar-refractivity contribution in [2.45, 2.75) is 45.6 Å². The molecule has 1 heterocycles. The van der Waals surface area contributed by atoms with Crippen LogP contribution in [0.4, 0.5) is 18.9 Å². The van der Waals surface area contributed by atoms with Crippen molar-refractivity contribution in [2.24, 2.45) is 5.92 Å². The third kappa shape index (κ3) is 8.91. The Morgan fingerprint density at radius 2 is 1.73 bits per heavy atom. The van der Waals surface area contributed by atoms with Gasteiger partial charge in [-0.15, -0.1) is 0 Å². The van der Waals surface area contributed by atoms with E-state index >= 15 is 0 Å². The fourth-order valence-corrected chi connectivity index (χ4v) is 4.94. The van der Waals surface area contributed by atoms with Crippen LogP contribution < -0.4 is 10.6 Å². The van der Waals surface area contributed by atoms with Crippen molar-refractivity contribution in [1.82, 2.24) is 19.8 Å². The normalized spacial score (nSPS) is 11.9. The Kier molecular flexibility index (Phi) is 10.7. The first-order valence-corrected chi connectivity index (χ1v) is 14.5. The minimum atomic E-state index is -4.52. The molecule has 3 aromatic carbocycles. The number of nitriles is 1. The summed E-state index contributed by atoms with van der Waals surface area (Å²) in [6.45, 7) is 4.43. The minimum Gasteiger partial charge on any atom is -0.351 e. The molecule has 0 aliphatic carbocycles. The van der Waals surface area contributed by atoms with E-state index < -0.39 is 17.8 Å². The lowest BCUT2D eigenvalue weighted by Crippen LogP contribution is -2.49. The Hall–Kier alpha value is -4.69. The second-order valence-corrected chi connectivity index (χ2v) is 11.1. The average Bonchev–Trinajstić information content (AvgIpc) is 3.42. The van der Waals surface area contributed by atoms with E-state index in [1.807, 2.05) is 60.9 Å². The van der Waals surface area contributed by atoms with Gasteiger partial charge in [0.2, 0.25) is 5.91 Å². The van der Waals surface area contributed by atoms with Crippen LogP contribution in [0.5, 0.6) is 0 Å². The number of nitrogens with zero attached hydrogens (tertiary/aromatic N) is 4. The van der Waals surface area contributed by atoms with Gasteiger partial charge in [-0.05, 0) is 59.6 Å². The molecule has 7 nitrogen and oxygen atoms in total. The lowest BCUT2D eigenvalue weighted by molar-refractivity contribution is -0.138. The van der Waals surface area contributed by atoms with Crippen LogP contribution in [0.25, 0.3) is 0 Å². The molecule has 228 valence electrons. The predicted octanol–water partition coefficient (Wildman–Crippen LogP) is 6.40. The molecule has 0 aliphatic heterocycles. The number of hydrogen-bond donors (Lipinski definition) is 2. The average molecular weight is 619 g/mol. The number of carbonyl (C=O) groups is 1. The van der Waals surface area contributed by atoms with Crippen molar-refractivity contribution >= 4 is 28.9 Å². The maximum absolute atomic E-state index is 13.9. The molecule has 1 aromatic heterocycles. The molecule has 0 saturated heterocycles. The number of benzene rings is 3. The van der Waals surface area contributed by atoms with E-state index in [0.29, 0.717) is 23.5 Å². The number of carbonyl (C=O) groups excluding carboxylic acids is 1. The summed E-state index contributed by atoms with van der Waals surface area (Å²) in [4.78, 5) is 19.2. The number of aromatic nitrogens is 2. The Bertz CT molecular complexity index is 1600. The van der Waals surface area contributed by atoms with Crippen molar-refractivity contribution in [3.63, 3.8) is 0 Å². The molecule has 1 amide bonds. The third-order valence-electron chi connectivity index (χ3n) is 7.14. The van der Waals surface area contributed by atoms with Gasteiger partial charge < -0.3 is 20.1 Å². The second kappa shape index (κ2) is 14.7. The number of hydrogen-bond acceptors (Lipinski definition) is 4. The Morgan fingerprint density at radius 1 is 1.05 bits per heavy atom. The zero-order chi connectivity index (χ0) is 31.7. The molecular formula is C33H33F3N6OS. The zero-order valence-corrected chi connectivity index (χ0v) is 25.2. The van der Waals surface area contributed by atoms with Gasteiger partial charge in [0.05, 0.1) is 29.9 Å². The topological polar surface area (TPSA) is 86.0 Å². The van der Waals surface area contributed by atoms with Crippen LogP contribution in [0, 0.1) is 17.2 Å². The van der Waals surface area contributed by atoms with Gasteiger partial charge in [-0.2, -0.15) is 18.4 Å². The van der Waals surface area contributed by atoms with Crippen molar-refractivity contribution in [2.75, 3.05) is 11.9 Å². The molecule has 1 atom stereocenters. The number of para-hydroxylation sites is 1. The maximum atomic E-state index is 13.9. The molecule has 0 spiro atoms. The molecule has 4 rings (SSSR count). The maximum Gasteiger partial charge on any atom is 0.416 e. The van der Waals surface area contributed by atoms with Gasteiger partial charge in [0, 0.05) is 43.3 Å². The van der Waals surface area contributed by atoms with Gasteiger partial charge in [0.15, 0.2) is 5.11 Å². The fraction of sp³-hybridized carbons (Fsp3) is 0.273. The molecule has 0 unspecified atom stereocenters. The first-order chi connectivity index (χ1) is 21.0. The minimum absolute atomic E-state index is 0.0533. The molecule has 0 aliphatic rings. The van der Waals surface area contributed by atoms with Crippen LogP contribution >= 0.6 is 12.2 Å². The Morgan fingerprint density at radius 3 is 2.39 bits per heavy atom. The molecule has 0 bridgehead atoms. The van der Waals surface area contributed by atoms with Crippen LogP contribution in [0.15, 0.2) is 91.4 Å². The van der Waals surface area contributed by atoms with Gasteiger partial charge in [0.25, 0.3) is 0 Å². The van der Waals surface area contributed by atoms with E-state index in [1.165, 1.54) is 12.1 Å². The van der Waals surface area contributed by atoms with E-state index in [0.717, 1.165) is 11.6 Å². The molecule has 4 aromatic rings. The van der Waals surface area contributed by atoms with Crippen molar-refractivity contribution in [3.05, 3.63) is 119 Å². The lowest BCUT2D eigenvalue weighted by atomic mass is 10.0. The van der Waals surface area contributed by atoms with E-state index in [2.05, 4.69) is 21.7 Å². The molecule has 0 saturated carbocycles.